The highest BCUT2D eigenvalue weighted by Gasteiger charge is 2.33. The van der Waals surface area contributed by atoms with Crippen LogP contribution in [0.15, 0.2) is 66.2 Å². The van der Waals surface area contributed by atoms with E-state index >= 15 is 0 Å². The summed E-state index contributed by atoms with van der Waals surface area (Å²) in [5, 5.41) is 3.75. The average molecular weight is 483 g/mol. The molecule has 0 fully saturated rings. The number of carbonyl (C=O) groups is 2. The van der Waals surface area contributed by atoms with Gasteiger partial charge in [0.15, 0.2) is 0 Å². The van der Waals surface area contributed by atoms with Crippen LogP contribution in [-0.2, 0) is 11.3 Å². The SMILES string of the molecule is CC(C)=CCCC(C)CC(C(=O)NC(C)(C)C)N(Cc1ccc(Cl)cc1)C(=O)c1ccccc1. The molecule has 0 saturated carbocycles. The zero-order valence-corrected chi connectivity index (χ0v) is 22.2. The fraction of sp³-hybridized carbons (Fsp3) is 0.448. The van der Waals surface area contributed by atoms with Crippen molar-refractivity contribution < 1.29 is 9.59 Å². The molecule has 0 heterocycles. The second-order valence-electron chi connectivity index (χ2n) is 10.4. The van der Waals surface area contributed by atoms with E-state index in [2.05, 4.69) is 32.2 Å². The van der Waals surface area contributed by atoms with Crippen LogP contribution < -0.4 is 5.32 Å². The van der Waals surface area contributed by atoms with E-state index in [1.807, 2.05) is 63.2 Å². The zero-order valence-electron chi connectivity index (χ0n) is 21.4. The summed E-state index contributed by atoms with van der Waals surface area (Å²) < 4.78 is 0. The molecule has 1 N–H and O–H groups in total. The molecular formula is C29H39ClN2O2. The van der Waals surface area contributed by atoms with E-state index in [0.29, 0.717) is 23.6 Å². The van der Waals surface area contributed by atoms with Gasteiger partial charge in [-0.2, -0.15) is 0 Å². The number of hydrogen-bond acceptors (Lipinski definition) is 2. The molecule has 0 aromatic heterocycles. The highest BCUT2D eigenvalue weighted by atomic mass is 35.5. The summed E-state index contributed by atoms with van der Waals surface area (Å²) in [7, 11) is 0. The number of amides is 2. The third kappa shape index (κ3) is 9.34. The van der Waals surface area contributed by atoms with Gasteiger partial charge in [-0.3, -0.25) is 9.59 Å². The van der Waals surface area contributed by atoms with Gasteiger partial charge in [-0.15, -0.1) is 0 Å². The molecule has 0 aliphatic rings. The van der Waals surface area contributed by atoms with Crippen LogP contribution in [0.5, 0.6) is 0 Å². The first-order valence-electron chi connectivity index (χ1n) is 12.0. The Bertz CT molecular complexity index is 958. The monoisotopic (exact) mass is 482 g/mol. The standard InChI is InChI=1S/C29H39ClN2O2/c1-21(2)11-10-12-22(3)19-26(27(33)31-29(4,5)6)32(20-23-15-17-25(30)18-16-23)28(34)24-13-8-7-9-14-24/h7-9,11,13-18,22,26H,10,12,19-20H2,1-6H3,(H,31,33). The van der Waals surface area contributed by atoms with Crippen molar-refractivity contribution in [3.05, 3.63) is 82.4 Å². The van der Waals surface area contributed by atoms with Gasteiger partial charge in [0, 0.05) is 22.7 Å². The van der Waals surface area contributed by atoms with Crippen LogP contribution in [0, 0.1) is 5.92 Å². The molecule has 0 radical (unpaired) electrons. The van der Waals surface area contributed by atoms with Crippen molar-refractivity contribution in [3.8, 4) is 0 Å². The van der Waals surface area contributed by atoms with E-state index in [9.17, 15) is 9.59 Å². The summed E-state index contributed by atoms with van der Waals surface area (Å²) >= 11 is 6.08. The summed E-state index contributed by atoms with van der Waals surface area (Å²) in [6, 6.07) is 16.0. The maximum absolute atomic E-state index is 13.7. The van der Waals surface area contributed by atoms with E-state index in [-0.39, 0.29) is 17.7 Å². The van der Waals surface area contributed by atoms with Crippen molar-refractivity contribution in [1.29, 1.82) is 0 Å². The Morgan fingerprint density at radius 1 is 1.03 bits per heavy atom. The van der Waals surface area contributed by atoms with Crippen LogP contribution in [-0.4, -0.2) is 28.3 Å². The van der Waals surface area contributed by atoms with Gasteiger partial charge < -0.3 is 10.2 Å². The topological polar surface area (TPSA) is 49.4 Å². The molecule has 0 spiro atoms. The third-order valence-corrected chi connectivity index (χ3v) is 5.81. The maximum atomic E-state index is 13.7. The van der Waals surface area contributed by atoms with Crippen LogP contribution in [0.4, 0.5) is 0 Å². The first-order chi connectivity index (χ1) is 16.0. The first kappa shape index (κ1) is 27.7. The van der Waals surface area contributed by atoms with Crippen molar-refractivity contribution in [1.82, 2.24) is 10.2 Å². The Labute approximate surface area is 210 Å². The maximum Gasteiger partial charge on any atom is 0.254 e. The fourth-order valence-corrected chi connectivity index (χ4v) is 3.97. The molecule has 2 unspecified atom stereocenters. The predicted octanol–water partition coefficient (Wildman–Crippen LogP) is 7.04. The molecule has 0 aliphatic heterocycles. The molecule has 2 aromatic carbocycles. The number of carbonyl (C=O) groups excluding carboxylic acids is 2. The van der Waals surface area contributed by atoms with Gasteiger partial charge in [0.1, 0.15) is 6.04 Å². The Hall–Kier alpha value is -2.59. The van der Waals surface area contributed by atoms with Gasteiger partial charge in [-0.05, 0) is 89.6 Å². The minimum atomic E-state index is -0.593. The lowest BCUT2D eigenvalue weighted by molar-refractivity contribution is -0.128. The van der Waals surface area contributed by atoms with Crippen molar-refractivity contribution in [3.63, 3.8) is 0 Å². The van der Waals surface area contributed by atoms with Crippen LogP contribution in [0.3, 0.4) is 0 Å². The number of nitrogens with zero attached hydrogens (tertiary/aromatic N) is 1. The summed E-state index contributed by atoms with van der Waals surface area (Å²) in [4.78, 5) is 29.0. The fourth-order valence-electron chi connectivity index (χ4n) is 3.84. The Morgan fingerprint density at radius 2 is 1.65 bits per heavy atom. The van der Waals surface area contributed by atoms with Gasteiger partial charge >= 0.3 is 0 Å². The second kappa shape index (κ2) is 12.8. The molecule has 0 saturated heterocycles. The average Bonchev–Trinajstić information content (AvgIpc) is 2.76. The highest BCUT2D eigenvalue weighted by Crippen LogP contribution is 2.23. The van der Waals surface area contributed by atoms with Gasteiger partial charge in [0.25, 0.3) is 5.91 Å². The van der Waals surface area contributed by atoms with Gasteiger partial charge in [0.2, 0.25) is 5.91 Å². The number of halogens is 1. The normalized spacial score (nSPS) is 13.0. The van der Waals surface area contributed by atoms with E-state index in [1.165, 1.54) is 5.57 Å². The highest BCUT2D eigenvalue weighted by molar-refractivity contribution is 6.30. The van der Waals surface area contributed by atoms with Gasteiger partial charge in [-0.25, -0.2) is 0 Å². The van der Waals surface area contributed by atoms with Crippen molar-refractivity contribution >= 4 is 23.4 Å². The lowest BCUT2D eigenvalue weighted by Gasteiger charge is -2.35. The lowest BCUT2D eigenvalue weighted by Crippen LogP contribution is -2.54. The minimum absolute atomic E-state index is 0.125. The quantitative estimate of drug-likeness (QED) is 0.369. The lowest BCUT2D eigenvalue weighted by atomic mass is 9.93. The zero-order chi connectivity index (χ0) is 25.3. The van der Waals surface area contributed by atoms with E-state index < -0.39 is 11.6 Å². The Morgan fingerprint density at radius 3 is 2.21 bits per heavy atom. The largest absolute Gasteiger partial charge is 0.350 e. The van der Waals surface area contributed by atoms with E-state index in [1.54, 1.807) is 17.0 Å². The number of hydrogen-bond donors (Lipinski definition) is 1. The summed E-state index contributed by atoms with van der Waals surface area (Å²) in [5.41, 5.74) is 2.39. The van der Waals surface area contributed by atoms with Crippen molar-refractivity contribution in [2.24, 2.45) is 5.92 Å². The van der Waals surface area contributed by atoms with Gasteiger partial charge in [0.05, 0.1) is 0 Å². The van der Waals surface area contributed by atoms with Crippen LogP contribution >= 0.6 is 11.6 Å². The number of allylic oxidation sites excluding steroid dienone is 2. The van der Waals surface area contributed by atoms with Crippen LogP contribution in [0.2, 0.25) is 5.02 Å². The molecule has 2 amide bonds. The first-order valence-corrected chi connectivity index (χ1v) is 12.4. The summed E-state index contributed by atoms with van der Waals surface area (Å²) in [6.07, 6.45) is 4.73. The Kier molecular flexibility index (Phi) is 10.4. The van der Waals surface area contributed by atoms with Crippen LogP contribution in [0.1, 0.15) is 76.7 Å². The molecule has 2 aromatic rings. The molecule has 5 heteroatoms. The Balaban J connectivity index is 2.42. The summed E-state index contributed by atoms with van der Waals surface area (Å²) in [6.45, 7) is 12.6. The molecule has 2 atom stereocenters. The molecule has 34 heavy (non-hydrogen) atoms. The number of rotatable bonds is 10. The molecule has 2 rings (SSSR count). The van der Waals surface area contributed by atoms with E-state index in [4.69, 9.17) is 11.6 Å². The van der Waals surface area contributed by atoms with Crippen molar-refractivity contribution in [2.45, 2.75) is 78.9 Å². The smallest absolute Gasteiger partial charge is 0.254 e. The molecule has 184 valence electrons. The molecule has 0 bridgehead atoms. The number of nitrogens with one attached hydrogen (secondary N) is 1. The van der Waals surface area contributed by atoms with Gasteiger partial charge in [-0.1, -0.05) is 60.5 Å². The summed E-state index contributed by atoms with van der Waals surface area (Å²) in [5.74, 6) is -0.0106. The predicted molar refractivity (Wildman–Crippen MR) is 142 cm³/mol. The van der Waals surface area contributed by atoms with Crippen molar-refractivity contribution in [2.75, 3.05) is 0 Å². The molecular weight excluding hydrogens is 444 g/mol. The molecule has 0 aliphatic carbocycles. The second-order valence-corrected chi connectivity index (χ2v) is 10.8. The number of benzene rings is 2. The van der Waals surface area contributed by atoms with E-state index in [0.717, 1.165) is 18.4 Å². The molecule has 4 nitrogen and oxygen atoms in total. The minimum Gasteiger partial charge on any atom is -0.350 e. The van der Waals surface area contributed by atoms with Crippen LogP contribution in [0.25, 0.3) is 0 Å². The third-order valence-electron chi connectivity index (χ3n) is 5.56.